The van der Waals surface area contributed by atoms with Crippen molar-refractivity contribution in [2.45, 2.75) is 6.92 Å². The lowest BCUT2D eigenvalue weighted by molar-refractivity contribution is -0.151. The summed E-state index contributed by atoms with van der Waals surface area (Å²) in [5.74, 6) is -0.0346. The number of tetrazole rings is 1. The SMILES string of the molecule is CC1(C(=O)Nc2cccc(-n3cnnn3)c2)COC1. The molecule has 2 heterocycles. The zero-order chi connectivity index (χ0) is 13.3. The predicted octanol–water partition coefficient (Wildman–Crippen LogP) is 0.637. The molecule has 0 atom stereocenters. The Bertz CT molecular complexity index is 592. The molecule has 0 radical (unpaired) electrons. The van der Waals surface area contributed by atoms with Gasteiger partial charge in [-0.15, -0.1) is 5.10 Å². The van der Waals surface area contributed by atoms with Crippen molar-refractivity contribution in [2.75, 3.05) is 18.5 Å². The Morgan fingerprint density at radius 3 is 2.95 bits per heavy atom. The van der Waals surface area contributed by atoms with Gasteiger partial charge in [0.05, 0.1) is 24.3 Å². The molecule has 1 aliphatic rings. The van der Waals surface area contributed by atoms with Gasteiger partial charge in [0.25, 0.3) is 0 Å². The number of amides is 1. The van der Waals surface area contributed by atoms with Gasteiger partial charge in [0.1, 0.15) is 6.33 Å². The van der Waals surface area contributed by atoms with E-state index in [0.29, 0.717) is 18.9 Å². The molecule has 2 aromatic rings. The van der Waals surface area contributed by atoms with Crippen LogP contribution in [-0.2, 0) is 9.53 Å². The van der Waals surface area contributed by atoms with Gasteiger partial charge in [0, 0.05) is 5.69 Å². The molecule has 19 heavy (non-hydrogen) atoms. The van der Waals surface area contributed by atoms with Gasteiger partial charge in [-0.05, 0) is 35.5 Å². The monoisotopic (exact) mass is 259 g/mol. The quantitative estimate of drug-likeness (QED) is 0.874. The van der Waals surface area contributed by atoms with Crippen LogP contribution in [0.1, 0.15) is 6.92 Å². The van der Waals surface area contributed by atoms with E-state index in [1.54, 1.807) is 0 Å². The van der Waals surface area contributed by atoms with E-state index in [9.17, 15) is 4.79 Å². The molecule has 1 N–H and O–H groups in total. The van der Waals surface area contributed by atoms with Crippen LogP contribution in [0.2, 0.25) is 0 Å². The van der Waals surface area contributed by atoms with Gasteiger partial charge in [-0.25, -0.2) is 4.68 Å². The second-order valence-corrected chi connectivity index (χ2v) is 4.81. The van der Waals surface area contributed by atoms with Crippen LogP contribution in [0.4, 0.5) is 5.69 Å². The maximum Gasteiger partial charge on any atom is 0.234 e. The maximum atomic E-state index is 12.1. The Balaban J connectivity index is 1.78. The first-order valence-electron chi connectivity index (χ1n) is 5.90. The highest BCUT2D eigenvalue weighted by Gasteiger charge is 2.41. The number of benzene rings is 1. The normalized spacial score (nSPS) is 16.7. The summed E-state index contributed by atoms with van der Waals surface area (Å²) < 4.78 is 6.62. The smallest absolute Gasteiger partial charge is 0.234 e. The average Bonchev–Trinajstić information content (AvgIpc) is 2.90. The summed E-state index contributed by atoms with van der Waals surface area (Å²) in [7, 11) is 0. The van der Waals surface area contributed by atoms with Gasteiger partial charge in [0.15, 0.2) is 0 Å². The number of nitrogens with one attached hydrogen (secondary N) is 1. The summed E-state index contributed by atoms with van der Waals surface area (Å²) in [4.78, 5) is 12.1. The van der Waals surface area contributed by atoms with Crippen LogP contribution >= 0.6 is 0 Å². The molecule has 3 rings (SSSR count). The predicted molar refractivity (Wildman–Crippen MR) is 66.7 cm³/mol. The number of ether oxygens (including phenoxy) is 1. The van der Waals surface area contributed by atoms with Crippen molar-refractivity contribution in [3.8, 4) is 5.69 Å². The number of hydrogen-bond donors (Lipinski definition) is 1. The third-order valence-electron chi connectivity index (χ3n) is 3.11. The number of aromatic nitrogens is 4. The molecule has 0 spiro atoms. The van der Waals surface area contributed by atoms with Gasteiger partial charge in [-0.1, -0.05) is 6.07 Å². The largest absolute Gasteiger partial charge is 0.379 e. The summed E-state index contributed by atoms with van der Waals surface area (Å²) in [6.45, 7) is 2.81. The fourth-order valence-electron chi connectivity index (χ4n) is 1.83. The zero-order valence-electron chi connectivity index (χ0n) is 10.4. The Hall–Kier alpha value is -2.28. The lowest BCUT2D eigenvalue weighted by Gasteiger charge is -2.36. The molecular weight excluding hydrogens is 246 g/mol. The van der Waals surface area contributed by atoms with Crippen LogP contribution in [0.3, 0.4) is 0 Å². The van der Waals surface area contributed by atoms with Crippen molar-refractivity contribution in [1.82, 2.24) is 20.2 Å². The summed E-state index contributed by atoms with van der Waals surface area (Å²) in [6, 6.07) is 7.35. The molecule has 1 aliphatic heterocycles. The molecule has 1 saturated heterocycles. The number of anilines is 1. The van der Waals surface area contributed by atoms with E-state index in [-0.39, 0.29) is 5.91 Å². The van der Waals surface area contributed by atoms with Gasteiger partial charge < -0.3 is 10.1 Å². The minimum Gasteiger partial charge on any atom is -0.379 e. The van der Waals surface area contributed by atoms with Crippen molar-refractivity contribution >= 4 is 11.6 Å². The lowest BCUT2D eigenvalue weighted by atomic mass is 9.87. The molecule has 0 unspecified atom stereocenters. The molecule has 0 saturated carbocycles. The van der Waals surface area contributed by atoms with Crippen LogP contribution < -0.4 is 5.32 Å². The molecular formula is C12H13N5O2. The van der Waals surface area contributed by atoms with E-state index in [4.69, 9.17) is 4.74 Å². The zero-order valence-corrected chi connectivity index (χ0v) is 10.4. The number of nitrogens with zero attached hydrogens (tertiary/aromatic N) is 4. The number of rotatable bonds is 3. The highest BCUT2D eigenvalue weighted by molar-refractivity contribution is 5.96. The van der Waals surface area contributed by atoms with Gasteiger partial charge in [-0.2, -0.15) is 0 Å². The van der Waals surface area contributed by atoms with Crippen LogP contribution in [-0.4, -0.2) is 39.3 Å². The summed E-state index contributed by atoms with van der Waals surface area (Å²) in [5.41, 5.74) is 1.08. The van der Waals surface area contributed by atoms with E-state index in [1.165, 1.54) is 11.0 Å². The van der Waals surface area contributed by atoms with Gasteiger partial charge >= 0.3 is 0 Å². The summed E-state index contributed by atoms with van der Waals surface area (Å²) in [5, 5.41) is 13.9. The summed E-state index contributed by atoms with van der Waals surface area (Å²) >= 11 is 0. The maximum absolute atomic E-state index is 12.1. The third-order valence-corrected chi connectivity index (χ3v) is 3.11. The van der Waals surface area contributed by atoms with Crippen LogP contribution in [0.5, 0.6) is 0 Å². The Morgan fingerprint density at radius 2 is 2.32 bits per heavy atom. The van der Waals surface area contributed by atoms with Crippen molar-refractivity contribution in [3.63, 3.8) is 0 Å². The molecule has 1 amide bonds. The lowest BCUT2D eigenvalue weighted by Crippen LogP contribution is -2.49. The standard InChI is InChI=1S/C12H13N5O2/c1-12(6-19-7-12)11(18)14-9-3-2-4-10(5-9)17-8-13-15-16-17/h2-5,8H,6-7H2,1H3,(H,14,18). The minimum absolute atomic E-state index is 0.0346. The Labute approximate surface area is 109 Å². The molecule has 1 aromatic heterocycles. The van der Waals surface area contributed by atoms with Gasteiger partial charge in [0.2, 0.25) is 5.91 Å². The first kappa shape index (κ1) is 11.8. The minimum atomic E-state index is -0.426. The van der Waals surface area contributed by atoms with E-state index in [2.05, 4.69) is 20.8 Å². The number of carbonyl (C=O) groups is 1. The Kier molecular flexibility index (Phi) is 2.75. The third kappa shape index (κ3) is 2.19. The van der Waals surface area contributed by atoms with E-state index >= 15 is 0 Å². The van der Waals surface area contributed by atoms with Crippen LogP contribution in [0.25, 0.3) is 5.69 Å². The van der Waals surface area contributed by atoms with Crippen LogP contribution in [0.15, 0.2) is 30.6 Å². The summed E-state index contributed by atoms with van der Waals surface area (Å²) in [6.07, 6.45) is 1.50. The Morgan fingerprint density at radius 1 is 1.47 bits per heavy atom. The van der Waals surface area contributed by atoms with Crippen molar-refractivity contribution < 1.29 is 9.53 Å². The second-order valence-electron chi connectivity index (χ2n) is 4.81. The first-order chi connectivity index (χ1) is 9.17. The van der Waals surface area contributed by atoms with E-state index in [1.807, 2.05) is 31.2 Å². The van der Waals surface area contributed by atoms with Crippen molar-refractivity contribution in [1.29, 1.82) is 0 Å². The molecule has 0 aliphatic carbocycles. The number of carbonyl (C=O) groups excluding carboxylic acids is 1. The number of hydrogen-bond acceptors (Lipinski definition) is 5. The molecule has 7 heteroatoms. The van der Waals surface area contributed by atoms with Crippen molar-refractivity contribution in [3.05, 3.63) is 30.6 Å². The highest BCUT2D eigenvalue weighted by Crippen LogP contribution is 2.28. The highest BCUT2D eigenvalue weighted by atomic mass is 16.5. The van der Waals surface area contributed by atoms with E-state index in [0.717, 1.165) is 5.69 Å². The van der Waals surface area contributed by atoms with Gasteiger partial charge in [-0.3, -0.25) is 4.79 Å². The molecule has 7 nitrogen and oxygen atoms in total. The molecule has 0 bridgehead atoms. The van der Waals surface area contributed by atoms with Crippen LogP contribution in [0, 0.1) is 5.41 Å². The average molecular weight is 259 g/mol. The fourth-order valence-corrected chi connectivity index (χ4v) is 1.83. The second kappa shape index (κ2) is 4.43. The molecule has 1 aromatic carbocycles. The molecule has 98 valence electrons. The molecule has 1 fully saturated rings. The topological polar surface area (TPSA) is 81.9 Å². The van der Waals surface area contributed by atoms with Crippen molar-refractivity contribution in [2.24, 2.45) is 5.41 Å². The fraction of sp³-hybridized carbons (Fsp3) is 0.333. The van der Waals surface area contributed by atoms with E-state index < -0.39 is 5.41 Å². The first-order valence-corrected chi connectivity index (χ1v) is 5.90.